The average Bonchev–Trinajstić information content (AvgIpc) is 3.18. The van der Waals surface area contributed by atoms with E-state index in [0.717, 1.165) is 36.1 Å². The molecular formula is C28H31N3O4. The molecule has 4 fully saturated rings. The van der Waals surface area contributed by atoms with Gasteiger partial charge in [-0.05, 0) is 60.6 Å². The zero-order valence-electron chi connectivity index (χ0n) is 20.0. The van der Waals surface area contributed by atoms with Gasteiger partial charge in [-0.2, -0.15) is 5.26 Å². The first-order chi connectivity index (χ1) is 16.9. The molecular weight excluding hydrogens is 442 g/mol. The number of ketones is 1. The molecule has 7 heteroatoms. The van der Waals surface area contributed by atoms with Crippen molar-refractivity contribution >= 4 is 23.7 Å². The number of carbonyl (C=O) groups excluding carboxylic acids is 3. The van der Waals surface area contributed by atoms with Crippen LogP contribution < -0.4 is 15.4 Å². The highest BCUT2D eigenvalue weighted by Gasteiger charge is 2.64. The number of Topliss-reactive ketones (excluding diaryl/α,β-unsaturated/α-hetero) is 1. The van der Waals surface area contributed by atoms with Crippen molar-refractivity contribution in [1.82, 2.24) is 10.6 Å². The third kappa shape index (κ3) is 3.65. The van der Waals surface area contributed by atoms with Gasteiger partial charge in [-0.25, -0.2) is 0 Å². The van der Waals surface area contributed by atoms with Crippen molar-refractivity contribution < 1.29 is 19.1 Å². The quantitative estimate of drug-likeness (QED) is 0.604. The average molecular weight is 474 g/mol. The Morgan fingerprint density at radius 1 is 1.34 bits per heavy atom. The van der Waals surface area contributed by atoms with E-state index in [1.165, 1.54) is 0 Å². The van der Waals surface area contributed by atoms with Gasteiger partial charge in [0.2, 0.25) is 11.8 Å². The molecule has 3 saturated carbocycles. The predicted molar refractivity (Wildman–Crippen MR) is 128 cm³/mol. The van der Waals surface area contributed by atoms with Gasteiger partial charge < -0.3 is 15.4 Å². The standard InChI is InChI=1S/C28H31N3O4/c1-35-24-4-2-3-16-8-17(9-19(16)24)26(33)31-22(7-15-5-6-15)23(32)12-28(14-29)11-18-10-21(28)25-20(18)13-30-27(25)34/h2-4,9,15,18,20-22,25H,5-8,10-13H2,1H3,(H,30,34)(H,31,33)/t18?,20?,21?,22?,25?,28-/m1/s1. The number of methoxy groups -OCH3 is 1. The molecule has 1 aromatic rings. The number of hydrogen-bond acceptors (Lipinski definition) is 5. The molecule has 1 aliphatic heterocycles. The lowest BCUT2D eigenvalue weighted by Gasteiger charge is -2.36. The second-order valence-corrected chi connectivity index (χ2v) is 11.2. The van der Waals surface area contributed by atoms with E-state index in [1.807, 2.05) is 24.3 Å². The van der Waals surface area contributed by atoms with Crippen LogP contribution in [0.5, 0.6) is 5.75 Å². The molecule has 4 aliphatic carbocycles. The summed E-state index contributed by atoms with van der Waals surface area (Å²) in [6, 6.07) is 7.67. The van der Waals surface area contributed by atoms with Crippen molar-refractivity contribution in [1.29, 1.82) is 5.26 Å². The lowest BCUT2D eigenvalue weighted by molar-refractivity contribution is -0.130. The summed E-state index contributed by atoms with van der Waals surface area (Å²) in [6.07, 6.45) is 6.78. The van der Waals surface area contributed by atoms with Gasteiger partial charge in [0.25, 0.3) is 0 Å². The summed E-state index contributed by atoms with van der Waals surface area (Å²) in [5, 5.41) is 16.2. The first kappa shape index (κ1) is 22.3. The smallest absolute Gasteiger partial charge is 0.248 e. The van der Waals surface area contributed by atoms with Crippen molar-refractivity contribution in [3.8, 4) is 11.8 Å². The predicted octanol–water partition coefficient (Wildman–Crippen LogP) is 2.79. The molecule has 5 unspecified atom stereocenters. The van der Waals surface area contributed by atoms with Crippen LogP contribution in [0, 0.1) is 46.3 Å². The Morgan fingerprint density at radius 3 is 2.91 bits per heavy atom. The molecule has 0 spiro atoms. The van der Waals surface area contributed by atoms with E-state index < -0.39 is 11.5 Å². The number of benzene rings is 1. The molecule has 1 heterocycles. The summed E-state index contributed by atoms with van der Waals surface area (Å²) < 4.78 is 5.44. The highest BCUT2D eigenvalue weighted by molar-refractivity contribution is 6.03. The molecule has 35 heavy (non-hydrogen) atoms. The molecule has 2 bridgehead atoms. The Bertz CT molecular complexity index is 1180. The minimum absolute atomic E-state index is 0.0419. The lowest BCUT2D eigenvalue weighted by atomic mass is 9.63. The van der Waals surface area contributed by atoms with Gasteiger partial charge in [-0.1, -0.05) is 25.0 Å². The van der Waals surface area contributed by atoms with Gasteiger partial charge in [-0.3, -0.25) is 14.4 Å². The van der Waals surface area contributed by atoms with Gasteiger partial charge in [0.1, 0.15) is 5.75 Å². The van der Waals surface area contributed by atoms with E-state index >= 15 is 0 Å². The number of nitrogens with zero attached hydrogens (tertiary/aromatic N) is 1. The maximum absolute atomic E-state index is 13.6. The van der Waals surface area contributed by atoms with Crippen molar-refractivity contribution in [2.75, 3.05) is 13.7 Å². The molecule has 6 atom stereocenters. The minimum Gasteiger partial charge on any atom is -0.496 e. The van der Waals surface area contributed by atoms with Crippen LogP contribution in [0.25, 0.3) is 6.08 Å². The van der Waals surface area contributed by atoms with E-state index in [1.54, 1.807) is 7.11 Å². The lowest BCUT2D eigenvalue weighted by Crippen LogP contribution is -2.46. The largest absolute Gasteiger partial charge is 0.496 e. The number of rotatable bonds is 8. The highest BCUT2D eigenvalue weighted by atomic mass is 16.5. The van der Waals surface area contributed by atoms with Crippen molar-refractivity contribution in [3.63, 3.8) is 0 Å². The summed E-state index contributed by atoms with van der Waals surface area (Å²) in [6.45, 7) is 0.697. The molecule has 6 rings (SSSR count). The Hall–Kier alpha value is -3.14. The van der Waals surface area contributed by atoms with Crippen LogP contribution >= 0.6 is 0 Å². The fourth-order valence-corrected chi connectivity index (χ4v) is 7.35. The van der Waals surface area contributed by atoms with E-state index in [-0.39, 0.29) is 35.9 Å². The second-order valence-electron chi connectivity index (χ2n) is 11.2. The molecule has 2 N–H and O–H groups in total. The first-order valence-corrected chi connectivity index (χ1v) is 12.8. The molecule has 182 valence electrons. The molecule has 1 aromatic carbocycles. The van der Waals surface area contributed by atoms with E-state index in [0.29, 0.717) is 49.1 Å². The third-order valence-electron chi connectivity index (χ3n) is 9.25. The molecule has 0 radical (unpaired) electrons. The van der Waals surface area contributed by atoms with Crippen LogP contribution in [0.2, 0.25) is 0 Å². The van der Waals surface area contributed by atoms with Crippen molar-refractivity contribution in [2.24, 2.45) is 35.0 Å². The number of fused-ring (bicyclic) bond motifs is 6. The Morgan fingerprint density at radius 2 is 2.17 bits per heavy atom. The van der Waals surface area contributed by atoms with E-state index in [4.69, 9.17) is 4.74 Å². The summed E-state index contributed by atoms with van der Waals surface area (Å²) in [7, 11) is 1.62. The maximum Gasteiger partial charge on any atom is 0.248 e. The molecule has 5 aliphatic rings. The topological polar surface area (TPSA) is 108 Å². The number of nitrogens with one attached hydrogen (secondary N) is 2. The molecule has 2 amide bonds. The number of carbonyl (C=O) groups is 3. The van der Waals surface area contributed by atoms with Gasteiger partial charge >= 0.3 is 0 Å². The number of amides is 2. The number of ether oxygens (including phenoxy) is 1. The fourth-order valence-electron chi connectivity index (χ4n) is 7.35. The maximum atomic E-state index is 13.6. The molecule has 1 saturated heterocycles. The second kappa shape index (κ2) is 8.22. The summed E-state index contributed by atoms with van der Waals surface area (Å²) >= 11 is 0. The van der Waals surface area contributed by atoms with Crippen LogP contribution in [0.1, 0.15) is 49.7 Å². The molecule has 7 nitrogen and oxygen atoms in total. The van der Waals surface area contributed by atoms with Crippen molar-refractivity contribution in [2.45, 2.75) is 51.0 Å². The third-order valence-corrected chi connectivity index (χ3v) is 9.25. The van der Waals surface area contributed by atoms with Gasteiger partial charge in [0.05, 0.1) is 24.6 Å². The monoisotopic (exact) mass is 473 g/mol. The number of hydrogen-bond donors (Lipinski definition) is 2. The summed E-state index contributed by atoms with van der Waals surface area (Å²) in [5.41, 5.74) is 1.78. The first-order valence-electron chi connectivity index (χ1n) is 12.8. The SMILES string of the molecule is COc1cccc2c1C=C(C(=O)NC(CC1CC1)C(=O)C[C@@]1(C#N)CC3CC1C1C(=O)NCC31)C2. The summed E-state index contributed by atoms with van der Waals surface area (Å²) in [4.78, 5) is 39.4. The normalized spacial score (nSPS) is 32.8. The summed E-state index contributed by atoms with van der Waals surface area (Å²) in [5.74, 6) is 1.35. The Kier molecular flexibility index (Phi) is 5.24. The zero-order valence-corrected chi connectivity index (χ0v) is 20.0. The Balaban J connectivity index is 1.19. The van der Waals surface area contributed by atoms with E-state index in [2.05, 4.69) is 16.7 Å². The zero-order chi connectivity index (χ0) is 24.3. The Labute approximate surface area is 205 Å². The van der Waals surface area contributed by atoms with E-state index in [9.17, 15) is 19.6 Å². The van der Waals surface area contributed by atoms with Crippen LogP contribution in [0.3, 0.4) is 0 Å². The van der Waals surface area contributed by atoms with Gasteiger partial charge in [0, 0.05) is 36.4 Å². The highest BCUT2D eigenvalue weighted by Crippen LogP contribution is 2.63. The van der Waals surface area contributed by atoms with Crippen LogP contribution in [-0.2, 0) is 20.8 Å². The van der Waals surface area contributed by atoms with Gasteiger partial charge in [-0.15, -0.1) is 0 Å². The number of nitriles is 1. The molecule has 0 aromatic heterocycles. The van der Waals surface area contributed by atoms with Crippen molar-refractivity contribution in [3.05, 3.63) is 34.9 Å². The van der Waals surface area contributed by atoms with Crippen LogP contribution in [0.15, 0.2) is 23.8 Å². The fraction of sp³-hybridized carbons (Fsp3) is 0.571. The van der Waals surface area contributed by atoms with Crippen LogP contribution in [-0.4, -0.2) is 37.3 Å². The van der Waals surface area contributed by atoms with Gasteiger partial charge in [0.15, 0.2) is 5.78 Å². The minimum atomic E-state index is -0.798. The van der Waals surface area contributed by atoms with Crippen LogP contribution in [0.4, 0.5) is 0 Å².